The molecular formula is C18H15F2N3O3S. The van der Waals surface area contributed by atoms with Crippen LogP contribution in [0.15, 0.2) is 53.6 Å². The molecule has 0 aliphatic carbocycles. The molecule has 0 saturated carbocycles. The van der Waals surface area contributed by atoms with Gasteiger partial charge in [-0.1, -0.05) is 18.2 Å². The molecule has 0 radical (unpaired) electrons. The minimum atomic E-state index is -4.08. The third-order valence-electron chi connectivity index (χ3n) is 3.90. The molecule has 27 heavy (non-hydrogen) atoms. The normalized spacial score (nSPS) is 11.4. The first-order valence-corrected chi connectivity index (χ1v) is 9.29. The second-order valence-electron chi connectivity index (χ2n) is 5.89. The van der Waals surface area contributed by atoms with Crippen molar-refractivity contribution in [2.75, 3.05) is 0 Å². The van der Waals surface area contributed by atoms with Gasteiger partial charge in [0, 0.05) is 18.8 Å². The van der Waals surface area contributed by atoms with Crippen molar-refractivity contribution in [3.05, 3.63) is 71.6 Å². The van der Waals surface area contributed by atoms with Gasteiger partial charge in [0.05, 0.1) is 4.90 Å². The van der Waals surface area contributed by atoms with Crippen LogP contribution in [0.1, 0.15) is 16.1 Å². The van der Waals surface area contributed by atoms with E-state index in [-0.39, 0.29) is 22.0 Å². The van der Waals surface area contributed by atoms with E-state index in [1.807, 2.05) is 4.72 Å². The number of rotatable bonds is 4. The van der Waals surface area contributed by atoms with Gasteiger partial charge in [0.25, 0.3) is 15.9 Å². The number of nitrogens with zero attached hydrogens (tertiary/aromatic N) is 2. The minimum Gasteiger partial charge on any atom is -0.333 e. The van der Waals surface area contributed by atoms with Crippen molar-refractivity contribution in [1.29, 1.82) is 0 Å². The highest BCUT2D eigenvalue weighted by Crippen LogP contribution is 2.21. The molecule has 1 amide bonds. The van der Waals surface area contributed by atoms with Crippen LogP contribution in [0, 0.1) is 18.6 Å². The predicted molar refractivity (Wildman–Crippen MR) is 94.4 cm³/mol. The Labute approximate surface area is 154 Å². The number of nitrogens with one attached hydrogen (secondary N) is 1. The van der Waals surface area contributed by atoms with Gasteiger partial charge in [-0.3, -0.25) is 4.79 Å². The van der Waals surface area contributed by atoms with E-state index in [0.717, 1.165) is 12.1 Å². The van der Waals surface area contributed by atoms with Crippen LogP contribution in [0.4, 0.5) is 8.78 Å². The van der Waals surface area contributed by atoms with Crippen molar-refractivity contribution < 1.29 is 22.0 Å². The molecular weight excluding hydrogens is 376 g/mol. The van der Waals surface area contributed by atoms with E-state index in [2.05, 4.69) is 4.98 Å². The molecule has 0 bridgehead atoms. The van der Waals surface area contributed by atoms with E-state index in [1.165, 1.54) is 22.9 Å². The Bertz CT molecular complexity index is 1140. The lowest BCUT2D eigenvalue weighted by molar-refractivity contribution is 0.0977. The second kappa shape index (κ2) is 6.92. The smallest absolute Gasteiger partial charge is 0.285 e. The zero-order valence-electron chi connectivity index (χ0n) is 14.4. The summed E-state index contributed by atoms with van der Waals surface area (Å²) in [4.78, 5) is 16.4. The molecule has 0 saturated heterocycles. The largest absolute Gasteiger partial charge is 0.333 e. The Morgan fingerprint density at radius 2 is 1.81 bits per heavy atom. The highest BCUT2D eigenvalue weighted by molar-refractivity contribution is 7.90. The molecule has 0 unspecified atom stereocenters. The summed E-state index contributed by atoms with van der Waals surface area (Å²) in [5.41, 5.74) is 0.563. The van der Waals surface area contributed by atoms with E-state index in [1.54, 1.807) is 32.2 Å². The fraction of sp³-hybridized carbons (Fsp3) is 0.111. The van der Waals surface area contributed by atoms with Gasteiger partial charge in [0.15, 0.2) is 11.6 Å². The standard InChI is InChI=1S/C18H15F2N3O3S/c1-11-5-3-4-6-16(11)27(25,26)22-18(24)15-10-23(2)17(21-15)12-7-8-13(19)14(20)9-12/h3-10H,1-2H3,(H,22,24). The van der Waals surface area contributed by atoms with E-state index in [4.69, 9.17) is 0 Å². The molecule has 0 aliphatic rings. The molecule has 0 atom stereocenters. The number of aromatic nitrogens is 2. The summed E-state index contributed by atoms with van der Waals surface area (Å²) in [6.45, 7) is 1.61. The summed E-state index contributed by atoms with van der Waals surface area (Å²) in [7, 11) is -2.53. The van der Waals surface area contributed by atoms with Gasteiger partial charge < -0.3 is 4.57 Å². The lowest BCUT2D eigenvalue weighted by Crippen LogP contribution is -2.31. The van der Waals surface area contributed by atoms with Crippen molar-refractivity contribution in [1.82, 2.24) is 14.3 Å². The summed E-state index contributed by atoms with van der Waals surface area (Å²) >= 11 is 0. The Morgan fingerprint density at radius 1 is 1.11 bits per heavy atom. The lowest BCUT2D eigenvalue weighted by Gasteiger charge is -2.07. The Balaban J connectivity index is 1.90. The molecule has 1 aromatic heterocycles. The molecule has 2 aromatic carbocycles. The number of aryl methyl sites for hydroxylation is 2. The topological polar surface area (TPSA) is 81.1 Å². The Kier molecular flexibility index (Phi) is 4.79. The van der Waals surface area contributed by atoms with Crippen LogP contribution in [0.2, 0.25) is 0 Å². The summed E-state index contributed by atoms with van der Waals surface area (Å²) in [6.07, 6.45) is 1.30. The van der Waals surface area contributed by atoms with E-state index in [9.17, 15) is 22.0 Å². The maximum Gasteiger partial charge on any atom is 0.285 e. The van der Waals surface area contributed by atoms with Crippen molar-refractivity contribution in [2.24, 2.45) is 7.05 Å². The Morgan fingerprint density at radius 3 is 2.48 bits per heavy atom. The van der Waals surface area contributed by atoms with Crippen LogP contribution < -0.4 is 4.72 Å². The molecule has 1 heterocycles. The first kappa shape index (κ1) is 18.7. The number of imidazole rings is 1. The van der Waals surface area contributed by atoms with Crippen LogP contribution in [0.5, 0.6) is 0 Å². The zero-order valence-corrected chi connectivity index (χ0v) is 15.2. The third kappa shape index (κ3) is 3.72. The second-order valence-corrected chi connectivity index (χ2v) is 7.54. The van der Waals surface area contributed by atoms with Crippen LogP contribution in [-0.4, -0.2) is 23.9 Å². The number of sulfonamides is 1. The van der Waals surface area contributed by atoms with Crippen molar-refractivity contribution in [3.8, 4) is 11.4 Å². The van der Waals surface area contributed by atoms with Gasteiger partial charge in [0.1, 0.15) is 11.5 Å². The predicted octanol–water partition coefficient (Wildman–Crippen LogP) is 2.79. The molecule has 6 nitrogen and oxygen atoms in total. The maximum atomic E-state index is 13.4. The first-order valence-electron chi connectivity index (χ1n) is 7.80. The van der Waals surface area contributed by atoms with Crippen LogP contribution >= 0.6 is 0 Å². The molecule has 0 aliphatic heterocycles. The summed E-state index contributed by atoms with van der Waals surface area (Å²) < 4.78 is 54.8. The Hall–Kier alpha value is -3.07. The monoisotopic (exact) mass is 391 g/mol. The van der Waals surface area contributed by atoms with Crippen LogP contribution in [0.25, 0.3) is 11.4 Å². The highest BCUT2D eigenvalue weighted by Gasteiger charge is 2.23. The maximum absolute atomic E-state index is 13.4. The van der Waals surface area contributed by atoms with E-state index >= 15 is 0 Å². The molecule has 9 heteroatoms. The number of halogens is 2. The number of amides is 1. The lowest BCUT2D eigenvalue weighted by atomic mass is 10.2. The van der Waals surface area contributed by atoms with Gasteiger partial charge in [-0.05, 0) is 36.8 Å². The van der Waals surface area contributed by atoms with E-state index < -0.39 is 27.6 Å². The molecule has 140 valence electrons. The van der Waals surface area contributed by atoms with Crippen molar-refractivity contribution >= 4 is 15.9 Å². The van der Waals surface area contributed by atoms with Gasteiger partial charge in [-0.25, -0.2) is 26.9 Å². The number of benzene rings is 2. The molecule has 0 fully saturated rings. The van der Waals surface area contributed by atoms with Gasteiger partial charge in [-0.2, -0.15) is 0 Å². The molecule has 0 spiro atoms. The SMILES string of the molecule is Cc1ccccc1S(=O)(=O)NC(=O)c1cn(C)c(-c2ccc(F)c(F)c2)n1. The van der Waals surface area contributed by atoms with Gasteiger partial charge in [-0.15, -0.1) is 0 Å². The van der Waals surface area contributed by atoms with Crippen molar-refractivity contribution in [2.45, 2.75) is 11.8 Å². The minimum absolute atomic E-state index is 0.0184. The zero-order chi connectivity index (χ0) is 19.8. The fourth-order valence-electron chi connectivity index (χ4n) is 2.57. The van der Waals surface area contributed by atoms with Gasteiger partial charge >= 0.3 is 0 Å². The van der Waals surface area contributed by atoms with Crippen LogP contribution in [0.3, 0.4) is 0 Å². The molecule has 1 N–H and O–H groups in total. The average molecular weight is 391 g/mol. The highest BCUT2D eigenvalue weighted by atomic mass is 32.2. The van der Waals surface area contributed by atoms with E-state index in [0.29, 0.717) is 5.56 Å². The average Bonchev–Trinajstić information content (AvgIpc) is 2.99. The molecule has 3 rings (SSSR count). The summed E-state index contributed by atoms with van der Waals surface area (Å²) in [5.74, 6) is -2.80. The number of carbonyl (C=O) groups excluding carboxylic acids is 1. The molecule has 3 aromatic rings. The number of carbonyl (C=O) groups is 1. The first-order chi connectivity index (χ1) is 12.7. The summed E-state index contributed by atoms with van der Waals surface area (Å²) in [6, 6.07) is 9.44. The number of hydrogen-bond donors (Lipinski definition) is 1. The fourth-order valence-corrected chi connectivity index (χ4v) is 3.77. The quantitative estimate of drug-likeness (QED) is 0.742. The number of hydrogen-bond acceptors (Lipinski definition) is 4. The summed E-state index contributed by atoms with van der Waals surface area (Å²) in [5, 5.41) is 0. The van der Waals surface area contributed by atoms with Crippen LogP contribution in [-0.2, 0) is 17.1 Å². The van der Waals surface area contributed by atoms with Crippen molar-refractivity contribution in [3.63, 3.8) is 0 Å². The third-order valence-corrected chi connectivity index (χ3v) is 5.39. The van der Waals surface area contributed by atoms with Gasteiger partial charge in [0.2, 0.25) is 0 Å².